The highest BCUT2D eigenvalue weighted by Gasteiger charge is 2.42. The molecule has 2 aromatic rings. The number of hydrogen-bond acceptors (Lipinski definition) is 7. The molecule has 2 atom stereocenters. The summed E-state index contributed by atoms with van der Waals surface area (Å²) >= 11 is 2.79. The number of aromatic nitrogens is 2. The summed E-state index contributed by atoms with van der Waals surface area (Å²) in [6.45, 7) is 9.35. The number of ether oxygens (including phenoxy) is 1. The molecule has 0 saturated heterocycles. The molecule has 0 radical (unpaired) electrons. The number of aryl methyl sites for hydroxylation is 2. The number of alkyl carbamates (subject to hydrolysis) is 1. The molecule has 2 N–H and O–H groups in total. The number of nitrogens with one attached hydrogen (secondary N) is 2. The SMILES string of the molecule is Cc1nnc(NC(=O)c2cc([C@@H]3C[C@H]3NC(=O)OC(C)(C)C)c(C)s2)s1. The summed E-state index contributed by atoms with van der Waals surface area (Å²) < 4.78 is 5.29. The zero-order chi connectivity index (χ0) is 19.1. The van der Waals surface area contributed by atoms with Gasteiger partial charge >= 0.3 is 6.09 Å². The Hall–Kier alpha value is -2.00. The van der Waals surface area contributed by atoms with E-state index in [1.807, 2.05) is 40.7 Å². The van der Waals surface area contributed by atoms with Gasteiger partial charge in [-0.05, 0) is 52.7 Å². The Labute approximate surface area is 160 Å². The van der Waals surface area contributed by atoms with Crippen LogP contribution in [0.25, 0.3) is 0 Å². The zero-order valence-corrected chi connectivity index (χ0v) is 17.0. The van der Waals surface area contributed by atoms with Gasteiger partial charge in [-0.3, -0.25) is 10.1 Å². The quantitative estimate of drug-likeness (QED) is 0.821. The third kappa shape index (κ3) is 4.59. The first-order chi connectivity index (χ1) is 12.1. The number of rotatable bonds is 4. The number of amides is 2. The Balaban J connectivity index is 1.60. The van der Waals surface area contributed by atoms with Crippen LogP contribution in [0.3, 0.4) is 0 Å². The average Bonchev–Trinajstić information content (AvgIpc) is 2.93. The van der Waals surface area contributed by atoms with Crippen LogP contribution in [0.15, 0.2) is 6.07 Å². The van der Waals surface area contributed by atoms with Crippen molar-refractivity contribution in [1.29, 1.82) is 0 Å². The molecule has 1 aliphatic carbocycles. The summed E-state index contributed by atoms with van der Waals surface area (Å²) in [4.78, 5) is 26.0. The van der Waals surface area contributed by atoms with Crippen molar-refractivity contribution in [2.75, 3.05) is 5.32 Å². The summed E-state index contributed by atoms with van der Waals surface area (Å²) in [7, 11) is 0. The van der Waals surface area contributed by atoms with E-state index in [-0.39, 0.29) is 17.9 Å². The molecule has 0 bridgehead atoms. The van der Waals surface area contributed by atoms with Crippen molar-refractivity contribution in [1.82, 2.24) is 15.5 Å². The molecular formula is C17H22N4O3S2. The third-order valence-corrected chi connectivity index (χ3v) is 5.64. The van der Waals surface area contributed by atoms with E-state index in [4.69, 9.17) is 4.74 Å². The van der Waals surface area contributed by atoms with Gasteiger partial charge in [0.15, 0.2) is 0 Å². The minimum absolute atomic E-state index is 0.0554. The second-order valence-corrected chi connectivity index (χ2v) is 9.74. The predicted molar refractivity (Wildman–Crippen MR) is 102 cm³/mol. The maximum absolute atomic E-state index is 12.4. The normalized spacial score (nSPS) is 19.1. The minimum atomic E-state index is -0.513. The fourth-order valence-electron chi connectivity index (χ4n) is 2.64. The van der Waals surface area contributed by atoms with Gasteiger partial charge < -0.3 is 10.1 Å². The van der Waals surface area contributed by atoms with E-state index in [2.05, 4.69) is 20.8 Å². The smallest absolute Gasteiger partial charge is 0.407 e. The zero-order valence-electron chi connectivity index (χ0n) is 15.4. The van der Waals surface area contributed by atoms with E-state index in [1.54, 1.807) is 0 Å². The van der Waals surface area contributed by atoms with Crippen molar-refractivity contribution in [2.45, 2.75) is 58.6 Å². The lowest BCUT2D eigenvalue weighted by Crippen LogP contribution is -2.34. The Kier molecular flexibility index (Phi) is 5.03. The summed E-state index contributed by atoms with van der Waals surface area (Å²) in [5.41, 5.74) is 0.593. The largest absolute Gasteiger partial charge is 0.444 e. The summed E-state index contributed by atoms with van der Waals surface area (Å²) in [6.07, 6.45) is 0.454. The van der Waals surface area contributed by atoms with Gasteiger partial charge in [-0.2, -0.15) is 0 Å². The van der Waals surface area contributed by atoms with Gasteiger partial charge in [-0.25, -0.2) is 4.79 Å². The van der Waals surface area contributed by atoms with Crippen molar-refractivity contribution in [3.63, 3.8) is 0 Å². The first-order valence-corrected chi connectivity index (χ1v) is 9.97. The van der Waals surface area contributed by atoms with Gasteiger partial charge in [0, 0.05) is 16.8 Å². The molecule has 0 unspecified atom stereocenters. The van der Waals surface area contributed by atoms with Crippen molar-refractivity contribution in [2.24, 2.45) is 0 Å². The number of carbonyl (C=O) groups is 2. The molecule has 0 aromatic carbocycles. The van der Waals surface area contributed by atoms with Crippen molar-refractivity contribution < 1.29 is 14.3 Å². The standard InChI is InChI=1S/C17H22N4O3S2/c1-8-10(11-6-12(11)18-16(23)24-17(3,4)5)7-13(25-8)14(22)19-15-21-20-9(2)26-15/h7,11-12H,6H2,1-5H3,(H,18,23)(H,19,21,22)/t11-,12+/m0/s1. The summed E-state index contributed by atoms with van der Waals surface area (Å²) in [5.74, 6) is 0.0434. The highest BCUT2D eigenvalue weighted by atomic mass is 32.1. The molecule has 9 heteroatoms. The second kappa shape index (κ2) is 6.96. The molecule has 2 aromatic heterocycles. The fourth-order valence-corrected chi connectivity index (χ4v) is 4.21. The number of anilines is 1. The first-order valence-electron chi connectivity index (χ1n) is 8.33. The summed E-state index contributed by atoms with van der Waals surface area (Å²) in [6, 6.07) is 1.96. The average molecular weight is 395 g/mol. The van der Waals surface area contributed by atoms with Crippen molar-refractivity contribution in [3.8, 4) is 0 Å². The molecule has 1 fully saturated rings. The number of nitrogens with zero attached hydrogens (tertiary/aromatic N) is 2. The van der Waals surface area contributed by atoms with Crippen LogP contribution in [0.5, 0.6) is 0 Å². The Morgan fingerprint density at radius 3 is 2.58 bits per heavy atom. The van der Waals surface area contributed by atoms with E-state index < -0.39 is 11.7 Å². The molecule has 0 spiro atoms. The van der Waals surface area contributed by atoms with Gasteiger partial charge in [-0.15, -0.1) is 21.5 Å². The van der Waals surface area contributed by atoms with E-state index in [0.29, 0.717) is 10.0 Å². The monoisotopic (exact) mass is 394 g/mol. The second-order valence-electron chi connectivity index (χ2n) is 7.30. The molecular weight excluding hydrogens is 372 g/mol. The molecule has 26 heavy (non-hydrogen) atoms. The molecule has 7 nitrogen and oxygen atoms in total. The van der Waals surface area contributed by atoms with E-state index in [1.165, 1.54) is 22.7 Å². The van der Waals surface area contributed by atoms with E-state index in [0.717, 1.165) is 21.9 Å². The first kappa shape index (κ1) is 18.8. The molecule has 0 aliphatic heterocycles. The Morgan fingerprint density at radius 1 is 1.23 bits per heavy atom. The number of carbonyl (C=O) groups excluding carboxylic acids is 2. The molecule has 1 aliphatic rings. The lowest BCUT2D eigenvalue weighted by Gasteiger charge is -2.19. The number of hydrogen-bond donors (Lipinski definition) is 2. The van der Waals surface area contributed by atoms with Crippen LogP contribution in [0, 0.1) is 13.8 Å². The lowest BCUT2D eigenvalue weighted by molar-refractivity contribution is 0.0522. The maximum Gasteiger partial charge on any atom is 0.407 e. The van der Waals surface area contributed by atoms with Gasteiger partial charge in [-0.1, -0.05) is 11.3 Å². The molecule has 2 amide bonds. The van der Waals surface area contributed by atoms with Crippen LogP contribution < -0.4 is 10.6 Å². The van der Waals surface area contributed by atoms with Gasteiger partial charge in [0.25, 0.3) is 5.91 Å². The molecule has 2 heterocycles. The lowest BCUT2D eigenvalue weighted by atomic mass is 10.1. The molecule has 1 saturated carbocycles. The topological polar surface area (TPSA) is 93.2 Å². The highest BCUT2D eigenvalue weighted by molar-refractivity contribution is 7.16. The van der Waals surface area contributed by atoms with Crippen LogP contribution in [-0.2, 0) is 4.74 Å². The van der Waals surface area contributed by atoms with Crippen molar-refractivity contribution in [3.05, 3.63) is 26.4 Å². The Bertz CT molecular complexity index is 837. The van der Waals surface area contributed by atoms with E-state index >= 15 is 0 Å². The van der Waals surface area contributed by atoms with Gasteiger partial charge in [0.05, 0.1) is 4.88 Å². The van der Waals surface area contributed by atoms with Crippen LogP contribution in [-0.4, -0.2) is 33.8 Å². The minimum Gasteiger partial charge on any atom is -0.444 e. The van der Waals surface area contributed by atoms with Crippen LogP contribution in [0.1, 0.15) is 58.2 Å². The Morgan fingerprint density at radius 2 is 1.96 bits per heavy atom. The van der Waals surface area contributed by atoms with Crippen LogP contribution in [0.4, 0.5) is 9.93 Å². The van der Waals surface area contributed by atoms with E-state index in [9.17, 15) is 9.59 Å². The van der Waals surface area contributed by atoms with Gasteiger partial charge in [0.1, 0.15) is 10.6 Å². The fraction of sp³-hybridized carbons (Fsp3) is 0.529. The predicted octanol–water partition coefficient (Wildman–Crippen LogP) is 3.85. The third-order valence-electron chi connectivity index (χ3n) is 3.82. The highest BCUT2D eigenvalue weighted by Crippen LogP contribution is 2.44. The van der Waals surface area contributed by atoms with Crippen molar-refractivity contribution >= 4 is 39.8 Å². The number of thiophene rings is 1. The van der Waals surface area contributed by atoms with Crippen LogP contribution >= 0.6 is 22.7 Å². The van der Waals surface area contributed by atoms with Gasteiger partial charge in [0.2, 0.25) is 5.13 Å². The molecule has 3 rings (SSSR count). The maximum atomic E-state index is 12.4. The molecule has 140 valence electrons. The summed E-state index contributed by atoms with van der Waals surface area (Å²) in [5, 5.41) is 14.8. The van der Waals surface area contributed by atoms with Crippen LogP contribution in [0.2, 0.25) is 0 Å².